The van der Waals surface area contributed by atoms with E-state index >= 15 is 0 Å². The maximum Gasteiger partial charge on any atom is 0.290 e. The molecular weight excluding hydrogens is 386 g/mol. The van der Waals surface area contributed by atoms with E-state index in [1.165, 1.54) is 6.92 Å². The Hall–Kier alpha value is -2.94. The monoisotopic (exact) mass is 405 g/mol. The molecule has 9 nitrogen and oxygen atoms in total. The van der Waals surface area contributed by atoms with Gasteiger partial charge < -0.3 is 20.5 Å². The number of hydrogen-bond acceptors (Lipinski definition) is 6. The molecule has 1 aromatic carbocycles. The molecule has 1 fully saturated rings. The highest BCUT2D eigenvalue weighted by Gasteiger charge is 2.35. The van der Waals surface area contributed by atoms with E-state index < -0.39 is 18.0 Å². The first-order chi connectivity index (χ1) is 13.3. The first-order valence-corrected chi connectivity index (χ1v) is 9.18. The number of likely N-dealkylation sites (tertiary alicyclic amines) is 1. The molecule has 1 aliphatic heterocycles. The third-order valence-corrected chi connectivity index (χ3v) is 4.80. The van der Waals surface area contributed by atoms with E-state index in [2.05, 4.69) is 15.5 Å². The van der Waals surface area contributed by atoms with Gasteiger partial charge >= 0.3 is 0 Å². The van der Waals surface area contributed by atoms with E-state index in [9.17, 15) is 14.4 Å². The molecule has 1 saturated heterocycles. The van der Waals surface area contributed by atoms with Gasteiger partial charge in [0.15, 0.2) is 0 Å². The highest BCUT2D eigenvalue weighted by molar-refractivity contribution is 6.30. The van der Waals surface area contributed by atoms with E-state index in [1.807, 2.05) is 0 Å². The van der Waals surface area contributed by atoms with Gasteiger partial charge in [-0.15, -0.1) is 0 Å². The molecule has 2 aromatic rings. The molecule has 0 radical (unpaired) electrons. The molecule has 3 amide bonds. The van der Waals surface area contributed by atoms with Crippen LogP contribution in [-0.4, -0.2) is 39.3 Å². The fourth-order valence-corrected chi connectivity index (χ4v) is 3.40. The Balaban J connectivity index is 1.76. The van der Waals surface area contributed by atoms with Crippen LogP contribution in [0.2, 0.25) is 5.02 Å². The predicted octanol–water partition coefficient (Wildman–Crippen LogP) is 1.75. The molecule has 2 heterocycles. The van der Waals surface area contributed by atoms with Gasteiger partial charge in [-0.05, 0) is 30.5 Å². The lowest BCUT2D eigenvalue weighted by Crippen LogP contribution is -2.35. The summed E-state index contributed by atoms with van der Waals surface area (Å²) >= 11 is 5.92. The second kappa shape index (κ2) is 8.39. The van der Waals surface area contributed by atoms with Crippen LogP contribution in [-0.2, 0) is 9.59 Å². The van der Waals surface area contributed by atoms with Crippen molar-refractivity contribution < 1.29 is 18.9 Å². The van der Waals surface area contributed by atoms with Gasteiger partial charge in [0, 0.05) is 18.5 Å². The number of nitrogens with one attached hydrogen (secondary N) is 1. The van der Waals surface area contributed by atoms with Crippen LogP contribution in [0, 0.1) is 0 Å². The Bertz CT molecular complexity index is 882. The number of nitrogens with two attached hydrogens (primary N) is 1. The molecule has 2 atom stereocenters. The van der Waals surface area contributed by atoms with Crippen LogP contribution < -0.4 is 11.1 Å². The number of nitrogens with zero attached hydrogens (tertiary/aromatic N) is 3. The lowest BCUT2D eigenvalue weighted by Gasteiger charge is -2.25. The standard InChI is InChI=1S/C18H20ClN5O4/c1-10(25)21-13(11-4-6-12(19)7-5-11)9-15(26)24-8-2-3-14(24)18-22-17(16(20)27)23-28-18/h4-7,13-14H,2-3,8-9H2,1H3,(H2,20,27)(H,21,25)/t13-,14-/m0/s1. The van der Waals surface area contributed by atoms with Gasteiger partial charge in [0.05, 0.1) is 12.5 Å². The molecule has 3 rings (SSSR count). The molecule has 1 aliphatic rings. The number of aromatic nitrogens is 2. The van der Waals surface area contributed by atoms with Crippen molar-refractivity contribution in [3.8, 4) is 0 Å². The van der Waals surface area contributed by atoms with Crippen LogP contribution in [0.4, 0.5) is 0 Å². The normalized spacial score (nSPS) is 17.4. The van der Waals surface area contributed by atoms with Crippen LogP contribution >= 0.6 is 11.6 Å². The molecule has 0 saturated carbocycles. The zero-order valence-corrected chi connectivity index (χ0v) is 16.0. The van der Waals surface area contributed by atoms with Gasteiger partial charge in [-0.3, -0.25) is 14.4 Å². The van der Waals surface area contributed by atoms with Gasteiger partial charge in [-0.2, -0.15) is 4.98 Å². The second-order valence-corrected chi connectivity index (χ2v) is 7.01. The topological polar surface area (TPSA) is 131 Å². The molecule has 1 aromatic heterocycles. The summed E-state index contributed by atoms with van der Waals surface area (Å²) < 4.78 is 5.12. The minimum Gasteiger partial charge on any atom is -0.363 e. The third kappa shape index (κ3) is 4.48. The van der Waals surface area contributed by atoms with Crippen molar-refractivity contribution in [1.82, 2.24) is 20.4 Å². The van der Waals surface area contributed by atoms with Crippen LogP contribution in [0.3, 0.4) is 0 Å². The zero-order chi connectivity index (χ0) is 20.3. The maximum atomic E-state index is 13.0. The summed E-state index contributed by atoms with van der Waals surface area (Å²) in [4.78, 5) is 41.4. The Morgan fingerprint density at radius 3 is 2.68 bits per heavy atom. The fourth-order valence-electron chi connectivity index (χ4n) is 3.28. The van der Waals surface area contributed by atoms with Crippen molar-refractivity contribution in [2.24, 2.45) is 5.73 Å². The SMILES string of the molecule is CC(=O)N[C@@H](CC(=O)N1CCC[C@H]1c1nc(C(N)=O)no1)c1ccc(Cl)cc1. The molecule has 148 valence electrons. The highest BCUT2D eigenvalue weighted by Crippen LogP contribution is 2.32. The number of carbonyl (C=O) groups is 3. The van der Waals surface area contributed by atoms with E-state index in [0.717, 1.165) is 12.0 Å². The van der Waals surface area contributed by atoms with E-state index in [1.54, 1.807) is 29.2 Å². The van der Waals surface area contributed by atoms with E-state index in [0.29, 0.717) is 18.0 Å². The summed E-state index contributed by atoms with van der Waals surface area (Å²) in [6.45, 7) is 1.92. The van der Waals surface area contributed by atoms with Crippen molar-refractivity contribution in [2.45, 2.75) is 38.3 Å². The zero-order valence-electron chi connectivity index (χ0n) is 15.2. The first-order valence-electron chi connectivity index (χ1n) is 8.80. The maximum absolute atomic E-state index is 13.0. The quantitative estimate of drug-likeness (QED) is 0.752. The number of carbonyl (C=O) groups excluding carboxylic acids is 3. The number of hydrogen-bond donors (Lipinski definition) is 2. The largest absolute Gasteiger partial charge is 0.363 e. The number of rotatable bonds is 6. The molecule has 28 heavy (non-hydrogen) atoms. The lowest BCUT2D eigenvalue weighted by atomic mass is 10.0. The molecule has 0 aliphatic carbocycles. The Morgan fingerprint density at radius 1 is 1.36 bits per heavy atom. The second-order valence-electron chi connectivity index (χ2n) is 6.57. The molecule has 10 heteroatoms. The van der Waals surface area contributed by atoms with Gasteiger partial charge in [0.25, 0.3) is 11.7 Å². The van der Waals surface area contributed by atoms with Gasteiger partial charge in [0.2, 0.25) is 17.7 Å². The van der Waals surface area contributed by atoms with Crippen molar-refractivity contribution in [1.29, 1.82) is 0 Å². The molecule has 0 unspecified atom stereocenters. The number of halogens is 1. The van der Waals surface area contributed by atoms with Crippen molar-refractivity contribution in [2.75, 3.05) is 6.54 Å². The van der Waals surface area contributed by atoms with Crippen LogP contribution in [0.25, 0.3) is 0 Å². The fraction of sp³-hybridized carbons (Fsp3) is 0.389. The highest BCUT2D eigenvalue weighted by atomic mass is 35.5. The molecular formula is C18H20ClN5O4. The van der Waals surface area contributed by atoms with Gasteiger partial charge in [-0.25, -0.2) is 0 Å². The number of amides is 3. The van der Waals surface area contributed by atoms with E-state index in [4.69, 9.17) is 21.9 Å². The lowest BCUT2D eigenvalue weighted by molar-refractivity contribution is -0.133. The number of primary amides is 1. The average molecular weight is 406 g/mol. The third-order valence-electron chi connectivity index (χ3n) is 4.55. The summed E-state index contributed by atoms with van der Waals surface area (Å²) in [5.74, 6) is -1.24. The summed E-state index contributed by atoms with van der Waals surface area (Å²) in [7, 11) is 0. The molecule has 0 bridgehead atoms. The summed E-state index contributed by atoms with van der Waals surface area (Å²) in [5, 5.41) is 6.91. The van der Waals surface area contributed by atoms with Crippen LogP contribution in [0.15, 0.2) is 28.8 Å². The van der Waals surface area contributed by atoms with Gasteiger partial charge in [0.1, 0.15) is 6.04 Å². The van der Waals surface area contributed by atoms with E-state index in [-0.39, 0.29) is 30.0 Å². The summed E-state index contributed by atoms with van der Waals surface area (Å²) in [5.41, 5.74) is 5.93. The number of benzene rings is 1. The van der Waals surface area contributed by atoms with Crippen LogP contribution in [0.1, 0.15) is 60.3 Å². The Kier molecular flexibility index (Phi) is 5.93. The van der Waals surface area contributed by atoms with Crippen LogP contribution in [0.5, 0.6) is 0 Å². The predicted molar refractivity (Wildman–Crippen MR) is 99.1 cm³/mol. The molecule has 0 spiro atoms. The Morgan fingerprint density at radius 2 is 2.07 bits per heavy atom. The smallest absolute Gasteiger partial charge is 0.290 e. The minimum atomic E-state index is -0.792. The minimum absolute atomic E-state index is 0.0640. The summed E-state index contributed by atoms with van der Waals surface area (Å²) in [6, 6.07) is 6.05. The average Bonchev–Trinajstić information content (AvgIpc) is 3.30. The van der Waals surface area contributed by atoms with Crippen molar-refractivity contribution in [3.63, 3.8) is 0 Å². The first kappa shape index (κ1) is 19.8. The Labute approximate surface area is 166 Å². The van der Waals surface area contributed by atoms with Gasteiger partial charge in [-0.1, -0.05) is 28.9 Å². The van der Waals surface area contributed by atoms with Crippen molar-refractivity contribution >= 4 is 29.3 Å². The molecule has 3 N–H and O–H groups in total. The van der Waals surface area contributed by atoms with Crippen molar-refractivity contribution in [3.05, 3.63) is 46.6 Å². The summed E-state index contributed by atoms with van der Waals surface area (Å²) in [6.07, 6.45) is 1.46.